The maximum atomic E-state index is 10.2. The fourth-order valence-corrected chi connectivity index (χ4v) is 6.27. The molecule has 0 bridgehead atoms. The maximum absolute atomic E-state index is 10.2. The van der Waals surface area contributed by atoms with Crippen LogP contribution in [0, 0.1) is 23.2 Å². The molecule has 0 amide bonds. The quantitative estimate of drug-likeness (QED) is 0.517. The summed E-state index contributed by atoms with van der Waals surface area (Å²) in [6.07, 6.45) is 10.5. The number of rotatable bonds is 6. The van der Waals surface area contributed by atoms with E-state index in [1.807, 2.05) is 19.9 Å². The second-order valence-corrected chi connectivity index (χ2v) is 10.9. The highest BCUT2D eigenvalue weighted by atomic mass is 16.3. The topological polar surface area (TPSA) is 60.7 Å². The summed E-state index contributed by atoms with van der Waals surface area (Å²) in [7, 11) is 0. The smallest absolute Gasteiger partial charge is 0.0811 e. The Morgan fingerprint density at radius 3 is 2.77 bits per heavy atom. The molecule has 3 rings (SSSR count). The lowest BCUT2D eigenvalue weighted by molar-refractivity contribution is 0.0596. The summed E-state index contributed by atoms with van der Waals surface area (Å²) >= 11 is 0. The van der Waals surface area contributed by atoms with Crippen molar-refractivity contribution in [2.75, 3.05) is 0 Å². The SMILES string of the molecule is [2H]C([2H])([2H])[C@]12CCC/C(=C\C=C3\C[C@@H](O)C[C@H](O)C3=C)[C@@H]1CC[C@@H]2[C@@H](C)CCCC(C)(C)O. The third-order valence-electron chi connectivity index (χ3n) is 7.95. The summed E-state index contributed by atoms with van der Waals surface area (Å²) in [5.41, 5.74) is 1.37. The van der Waals surface area contributed by atoms with Crippen molar-refractivity contribution in [3.8, 4) is 0 Å². The van der Waals surface area contributed by atoms with Crippen LogP contribution < -0.4 is 0 Å². The number of allylic oxidation sites excluding steroid dienone is 3. The molecule has 3 saturated carbocycles. The van der Waals surface area contributed by atoms with Crippen LogP contribution in [0.4, 0.5) is 0 Å². The minimum absolute atomic E-state index is 0.0454. The molecule has 6 atom stereocenters. The molecule has 0 spiro atoms. The Morgan fingerprint density at radius 1 is 1.30 bits per heavy atom. The molecule has 0 radical (unpaired) electrons. The molecule has 0 aliphatic heterocycles. The molecule has 3 aliphatic carbocycles. The zero-order chi connectivity index (χ0) is 24.6. The standard InChI is InChI=1S/C27H44O3/c1-18(8-6-14-26(3,4)30)23-12-13-24-20(9-7-15-27(23,24)5)10-11-21-16-22(28)17-25(29)19(21)2/h10-11,18,22-25,28-30H,2,6-9,12-17H2,1,3-5H3/b20-10+,21-11-/t18-,22+,23+,24-,25-,27+/m0/s1/i5D3. The van der Waals surface area contributed by atoms with Crippen molar-refractivity contribution in [3.63, 3.8) is 0 Å². The fourth-order valence-electron chi connectivity index (χ4n) is 6.27. The molecule has 3 heteroatoms. The number of hydrogen-bond donors (Lipinski definition) is 3. The van der Waals surface area contributed by atoms with Crippen molar-refractivity contribution < 1.29 is 19.4 Å². The molecule has 0 unspecified atom stereocenters. The van der Waals surface area contributed by atoms with Crippen LogP contribution in [0.5, 0.6) is 0 Å². The van der Waals surface area contributed by atoms with E-state index in [0.29, 0.717) is 24.3 Å². The summed E-state index contributed by atoms with van der Waals surface area (Å²) < 4.78 is 25.9. The molecular formula is C27H44O3. The van der Waals surface area contributed by atoms with E-state index in [1.165, 1.54) is 5.57 Å². The van der Waals surface area contributed by atoms with E-state index in [1.54, 1.807) is 0 Å². The van der Waals surface area contributed by atoms with E-state index in [-0.39, 0.29) is 11.8 Å². The van der Waals surface area contributed by atoms with E-state index in [0.717, 1.165) is 56.9 Å². The van der Waals surface area contributed by atoms with Crippen molar-refractivity contribution in [1.82, 2.24) is 0 Å². The maximum Gasteiger partial charge on any atom is 0.0811 e. The van der Waals surface area contributed by atoms with Gasteiger partial charge in [0.1, 0.15) is 0 Å². The predicted octanol–water partition coefficient (Wildman–Crippen LogP) is 5.70. The van der Waals surface area contributed by atoms with E-state index >= 15 is 0 Å². The fraction of sp³-hybridized carbons (Fsp3) is 0.778. The van der Waals surface area contributed by atoms with Gasteiger partial charge in [-0.3, -0.25) is 0 Å². The lowest BCUT2D eigenvalue weighted by Crippen LogP contribution is -2.36. The lowest BCUT2D eigenvalue weighted by Gasteiger charge is -2.44. The largest absolute Gasteiger partial charge is 0.393 e. The molecule has 3 aliphatic rings. The van der Waals surface area contributed by atoms with E-state index in [9.17, 15) is 15.3 Å². The van der Waals surface area contributed by atoms with Gasteiger partial charge < -0.3 is 15.3 Å². The van der Waals surface area contributed by atoms with Gasteiger partial charge in [-0.25, -0.2) is 0 Å². The minimum Gasteiger partial charge on any atom is -0.393 e. The molecule has 170 valence electrons. The van der Waals surface area contributed by atoms with Gasteiger partial charge >= 0.3 is 0 Å². The highest BCUT2D eigenvalue weighted by Crippen LogP contribution is 2.60. The first-order chi connectivity index (χ1) is 15.3. The van der Waals surface area contributed by atoms with Crippen LogP contribution in [0.1, 0.15) is 95.9 Å². The highest BCUT2D eigenvalue weighted by molar-refractivity contribution is 5.38. The minimum atomic E-state index is -2.02. The first-order valence-corrected chi connectivity index (χ1v) is 11.9. The second-order valence-electron chi connectivity index (χ2n) is 10.9. The Hall–Kier alpha value is -0.900. The summed E-state index contributed by atoms with van der Waals surface area (Å²) in [4.78, 5) is 0. The zero-order valence-electron chi connectivity index (χ0n) is 22.2. The molecule has 30 heavy (non-hydrogen) atoms. The molecular weight excluding hydrogens is 372 g/mol. The Bertz CT molecular complexity index is 776. The summed E-state index contributed by atoms with van der Waals surface area (Å²) in [6.45, 7) is 7.86. The van der Waals surface area contributed by atoms with Crippen LogP contribution in [-0.4, -0.2) is 33.1 Å². The van der Waals surface area contributed by atoms with Crippen LogP contribution in [0.25, 0.3) is 0 Å². The van der Waals surface area contributed by atoms with Crippen molar-refractivity contribution in [1.29, 1.82) is 0 Å². The molecule has 0 aromatic rings. The Balaban J connectivity index is 1.85. The van der Waals surface area contributed by atoms with Crippen LogP contribution in [0.2, 0.25) is 0 Å². The van der Waals surface area contributed by atoms with Crippen LogP contribution in [0.15, 0.2) is 35.5 Å². The third-order valence-corrected chi connectivity index (χ3v) is 7.95. The van der Waals surface area contributed by atoms with Crippen molar-refractivity contribution in [2.45, 2.75) is 110 Å². The molecule has 0 saturated heterocycles. The van der Waals surface area contributed by atoms with Crippen LogP contribution in [0.3, 0.4) is 0 Å². The van der Waals surface area contributed by atoms with Gasteiger partial charge in [0.05, 0.1) is 17.8 Å². The lowest BCUT2D eigenvalue weighted by atomic mass is 9.60. The number of hydrogen-bond acceptors (Lipinski definition) is 3. The van der Waals surface area contributed by atoms with Gasteiger partial charge in [0, 0.05) is 10.5 Å². The molecule has 3 fully saturated rings. The Labute approximate surface area is 188 Å². The van der Waals surface area contributed by atoms with Gasteiger partial charge in [-0.2, -0.15) is 0 Å². The van der Waals surface area contributed by atoms with E-state index in [4.69, 9.17) is 4.11 Å². The summed E-state index contributed by atoms with van der Waals surface area (Å²) in [6, 6.07) is 0. The predicted molar refractivity (Wildman–Crippen MR) is 124 cm³/mol. The average molecular weight is 420 g/mol. The van der Waals surface area contributed by atoms with Gasteiger partial charge in [-0.15, -0.1) is 0 Å². The average Bonchev–Trinajstić information content (AvgIpc) is 3.10. The van der Waals surface area contributed by atoms with Crippen LogP contribution in [-0.2, 0) is 0 Å². The summed E-state index contributed by atoms with van der Waals surface area (Å²) in [5.74, 6) is 0.504. The summed E-state index contributed by atoms with van der Waals surface area (Å²) in [5, 5.41) is 30.3. The molecule has 0 aromatic carbocycles. The number of fused-ring (bicyclic) bond motifs is 1. The zero-order valence-corrected chi connectivity index (χ0v) is 19.2. The van der Waals surface area contributed by atoms with Crippen molar-refractivity contribution in [2.24, 2.45) is 23.2 Å². The van der Waals surface area contributed by atoms with Gasteiger partial charge in [-0.1, -0.05) is 50.9 Å². The first kappa shape index (κ1) is 19.8. The highest BCUT2D eigenvalue weighted by Gasteiger charge is 2.50. The number of aliphatic hydroxyl groups is 3. The normalized spacial score (nSPS) is 40.7. The van der Waals surface area contributed by atoms with Crippen molar-refractivity contribution in [3.05, 3.63) is 35.5 Å². The van der Waals surface area contributed by atoms with Crippen molar-refractivity contribution >= 4 is 0 Å². The van der Waals surface area contributed by atoms with Gasteiger partial charge in [0.2, 0.25) is 0 Å². The molecule has 3 N–H and O–H groups in total. The van der Waals surface area contributed by atoms with Gasteiger partial charge in [0.15, 0.2) is 0 Å². The van der Waals surface area contributed by atoms with Gasteiger partial charge in [0.25, 0.3) is 0 Å². The third kappa shape index (κ3) is 5.29. The second kappa shape index (κ2) is 9.30. The molecule has 3 nitrogen and oxygen atoms in total. The first-order valence-electron chi connectivity index (χ1n) is 13.4. The van der Waals surface area contributed by atoms with E-state index in [2.05, 4.69) is 19.6 Å². The van der Waals surface area contributed by atoms with E-state index < -0.39 is 30.1 Å². The Morgan fingerprint density at radius 2 is 2.07 bits per heavy atom. The molecule has 0 aromatic heterocycles. The monoisotopic (exact) mass is 419 g/mol. The Kier molecular flexibility index (Phi) is 6.13. The van der Waals surface area contributed by atoms with Crippen LogP contribution >= 0.6 is 0 Å². The number of aliphatic hydroxyl groups excluding tert-OH is 2. The molecule has 0 heterocycles. The van der Waals surface area contributed by atoms with Gasteiger partial charge in [-0.05, 0) is 93.1 Å².